The van der Waals surface area contributed by atoms with Crippen LogP contribution in [-0.2, 0) is 25.6 Å². The largest absolute Gasteiger partial charge is 0.354 e. The number of carbonyl (C=O) groups is 1. The van der Waals surface area contributed by atoms with Crippen LogP contribution in [0.1, 0.15) is 29.8 Å². The van der Waals surface area contributed by atoms with Gasteiger partial charge in [0.05, 0.1) is 35.7 Å². The van der Waals surface area contributed by atoms with E-state index in [0.717, 1.165) is 18.6 Å². The average molecular weight is 664 g/mol. The van der Waals surface area contributed by atoms with Gasteiger partial charge in [0.1, 0.15) is 5.82 Å². The molecule has 46 heavy (non-hydrogen) atoms. The minimum absolute atomic E-state index is 0.154. The van der Waals surface area contributed by atoms with E-state index in [9.17, 15) is 30.8 Å². The Hall–Kier alpha value is -5.26. The first kappa shape index (κ1) is 33.6. The molecular weight excluding hydrogens is 634 g/mol. The van der Waals surface area contributed by atoms with Crippen LogP contribution in [0.15, 0.2) is 89.7 Å². The lowest BCUT2D eigenvalue weighted by molar-refractivity contribution is 0.0908. The second-order valence-electron chi connectivity index (χ2n) is 10.9. The van der Waals surface area contributed by atoms with Crippen LogP contribution >= 0.6 is 0 Å². The van der Waals surface area contributed by atoms with Crippen molar-refractivity contribution in [1.29, 1.82) is 0 Å². The summed E-state index contributed by atoms with van der Waals surface area (Å²) >= 11 is 0. The molecule has 0 spiro atoms. The molecule has 238 valence electrons. The van der Waals surface area contributed by atoms with E-state index in [1.54, 1.807) is 80.6 Å². The summed E-state index contributed by atoms with van der Waals surface area (Å²) in [6.45, 7) is 10.2. The van der Waals surface area contributed by atoms with Crippen LogP contribution in [0.3, 0.4) is 0 Å². The predicted octanol–water partition coefficient (Wildman–Crippen LogP) is 5.47. The van der Waals surface area contributed by atoms with Gasteiger partial charge in [-0.3, -0.25) is 19.0 Å². The van der Waals surface area contributed by atoms with Crippen LogP contribution in [-0.4, -0.2) is 40.2 Å². The number of para-hydroxylation sites is 1. The van der Waals surface area contributed by atoms with Crippen molar-refractivity contribution in [2.24, 2.45) is 0 Å². The van der Waals surface area contributed by atoms with Crippen molar-refractivity contribution in [2.75, 3.05) is 22.0 Å². The summed E-state index contributed by atoms with van der Waals surface area (Å²) in [5.74, 6) is -1.49. The van der Waals surface area contributed by atoms with Crippen molar-refractivity contribution in [1.82, 2.24) is 10.3 Å². The van der Waals surface area contributed by atoms with Crippen molar-refractivity contribution >= 4 is 64.8 Å². The monoisotopic (exact) mass is 663 g/mol. The number of aromatic amines is 1. The fourth-order valence-electron chi connectivity index (χ4n) is 4.58. The highest BCUT2D eigenvalue weighted by Gasteiger charge is 2.26. The summed E-state index contributed by atoms with van der Waals surface area (Å²) in [5.41, 5.74) is 1.23. The van der Waals surface area contributed by atoms with Gasteiger partial charge in [-0.2, -0.15) is 0 Å². The molecule has 1 amide bonds. The number of benzene rings is 4. The van der Waals surface area contributed by atoms with Gasteiger partial charge in [-0.1, -0.05) is 36.4 Å². The Kier molecular flexibility index (Phi) is 9.50. The fraction of sp³-hybridized carbons (Fsp3) is 0.156. The summed E-state index contributed by atoms with van der Waals surface area (Å²) in [4.78, 5) is 32.0. The third kappa shape index (κ3) is 8.46. The Bertz CT molecular complexity index is 2300. The molecule has 5 aromatic rings. The van der Waals surface area contributed by atoms with Gasteiger partial charge in [-0.05, 0) is 67.9 Å². The van der Waals surface area contributed by atoms with Crippen LogP contribution in [0.4, 0.5) is 21.5 Å². The molecule has 0 aliphatic carbocycles. The summed E-state index contributed by atoms with van der Waals surface area (Å²) < 4.78 is 64.2. The van der Waals surface area contributed by atoms with E-state index in [2.05, 4.69) is 24.6 Å². The van der Waals surface area contributed by atoms with E-state index in [-0.39, 0.29) is 16.4 Å². The molecule has 0 unspecified atom stereocenters. The highest BCUT2D eigenvalue weighted by atomic mass is 32.2. The van der Waals surface area contributed by atoms with Gasteiger partial charge < -0.3 is 10.3 Å². The molecule has 0 saturated heterocycles. The third-order valence-corrected chi connectivity index (χ3v) is 7.84. The Morgan fingerprint density at radius 2 is 1.41 bits per heavy atom. The molecule has 0 saturated carbocycles. The lowest BCUT2D eigenvalue weighted by Gasteiger charge is -2.27. The Balaban J connectivity index is 0.000000310. The molecule has 5 rings (SSSR count). The summed E-state index contributed by atoms with van der Waals surface area (Å²) in [6.07, 6.45) is 2.11. The van der Waals surface area contributed by atoms with E-state index in [0.29, 0.717) is 39.0 Å². The molecule has 11 nitrogen and oxygen atoms in total. The molecule has 4 aromatic carbocycles. The molecule has 14 heteroatoms. The molecule has 0 fully saturated rings. The van der Waals surface area contributed by atoms with Crippen LogP contribution < -0.4 is 20.2 Å². The maximum absolute atomic E-state index is 14.9. The number of anilines is 2. The Morgan fingerprint density at radius 3 is 2.04 bits per heavy atom. The van der Waals surface area contributed by atoms with Crippen molar-refractivity contribution in [3.63, 3.8) is 0 Å². The van der Waals surface area contributed by atoms with Gasteiger partial charge in [-0.25, -0.2) is 26.1 Å². The maximum atomic E-state index is 14.9. The summed E-state index contributed by atoms with van der Waals surface area (Å²) in [7, 11) is -6.72. The van der Waals surface area contributed by atoms with Crippen LogP contribution in [0, 0.1) is 12.4 Å². The number of nitrogens with zero attached hydrogens (tertiary/aromatic N) is 1. The second kappa shape index (κ2) is 13.0. The zero-order chi connectivity index (χ0) is 33.9. The number of sulfonamides is 2. The first-order valence-corrected chi connectivity index (χ1v) is 17.3. The number of nitrogens with one attached hydrogen (secondary N) is 4. The van der Waals surface area contributed by atoms with Crippen LogP contribution in [0.2, 0.25) is 0 Å². The first-order valence-electron chi connectivity index (χ1n) is 13.6. The minimum Gasteiger partial charge on any atom is -0.354 e. The molecule has 0 atom stereocenters. The number of pyridine rings is 1. The Morgan fingerprint density at radius 1 is 0.804 bits per heavy atom. The number of hydrogen-bond donors (Lipinski definition) is 4. The van der Waals surface area contributed by atoms with Gasteiger partial charge in [0.15, 0.2) is 11.1 Å². The van der Waals surface area contributed by atoms with E-state index in [1.807, 2.05) is 0 Å². The highest BCUT2D eigenvalue weighted by Crippen LogP contribution is 2.25. The number of aromatic nitrogens is 1. The molecular formula is C32H30FN5O6S2. The summed E-state index contributed by atoms with van der Waals surface area (Å²) in [5, 5.41) is 3.38. The number of halogens is 1. The topological polar surface area (TPSA) is 159 Å². The lowest BCUT2D eigenvalue weighted by atomic mass is 9.93. The molecule has 4 N–H and O–H groups in total. The lowest BCUT2D eigenvalue weighted by Crippen LogP contribution is -2.41. The predicted molar refractivity (Wildman–Crippen MR) is 179 cm³/mol. The van der Waals surface area contributed by atoms with Gasteiger partial charge >= 0.3 is 0 Å². The number of hydrogen-bond acceptors (Lipinski definition) is 6. The molecule has 0 bridgehead atoms. The molecule has 0 radical (unpaired) electrons. The smallest absolute Gasteiger partial charge is 0.255 e. The van der Waals surface area contributed by atoms with Gasteiger partial charge in [0, 0.05) is 27.7 Å². The van der Waals surface area contributed by atoms with Crippen LogP contribution in [0.25, 0.3) is 26.7 Å². The van der Waals surface area contributed by atoms with E-state index in [4.69, 9.17) is 6.57 Å². The minimum atomic E-state index is -3.47. The zero-order valence-corrected chi connectivity index (χ0v) is 26.8. The fourth-order valence-corrected chi connectivity index (χ4v) is 5.69. The number of fused-ring (bicyclic) bond motifs is 2. The summed E-state index contributed by atoms with van der Waals surface area (Å²) in [6, 6.07) is 22.2. The van der Waals surface area contributed by atoms with Gasteiger partial charge in [-0.15, -0.1) is 0 Å². The third-order valence-electron chi connectivity index (χ3n) is 6.63. The SMILES string of the molecule is CC(C)(NC(=O)c1cc2[nH]c3ccccc3c(=O)c2cc1F)c1cccc(NS(C)(=O)=O)c1.[C-]#[N+]c1cccc(NS(C)(=O)=O)c1. The standard InChI is InChI=1S/C24H22FN3O4S.C8H8N2O2S/c1-24(2,14-7-6-8-15(11-14)28-33(3,31)32)27-23(30)17-13-21-18(12-19(17)25)22(29)16-9-4-5-10-20(16)26-21;1-9-7-4-3-5-8(6-7)10-13(2,11)12/h4-13,28H,1-3H3,(H,26,29)(H,27,30);3-6,10H,2H3. The number of H-pyrrole nitrogens is 1. The number of amides is 1. The first-order chi connectivity index (χ1) is 21.5. The van der Waals surface area contributed by atoms with Gasteiger partial charge in [0.2, 0.25) is 20.0 Å². The van der Waals surface area contributed by atoms with Gasteiger partial charge in [0.25, 0.3) is 5.91 Å². The highest BCUT2D eigenvalue weighted by molar-refractivity contribution is 7.92. The van der Waals surface area contributed by atoms with Crippen molar-refractivity contribution in [3.8, 4) is 0 Å². The number of rotatable bonds is 7. The second-order valence-corrected chi connectivity index (χ2v) is 14.4. The van der Waals surface area contributed by atoms with E-state index >= 15 is 0 Å². The zero-order valence-electron chi connectivity index (χ0n) is 25.2. The molecule has 0 aliphatic rings. The van der Waals surface area contributed by atoms with Crippen molar-refractivity contribution in [3.05, 3.63) is 124 Å². The van der Waals surface area contributed by atoms with E-state index < -0.39 is 37.3 Å². The quantitative estimate of drug-likeness (QED) is 0.134. The average Bonchev–Trinajstić information content (AvgIpc) is 2.96. The number of carbonyl (C=O) groups excluding carboxylic acids is 1. The molecule has 1 aromatic heterocycles. The normalized spacial score (nSPS) is 11.7. The van der Waals surface area contributed by atoms with Crippen molar-refractivity contribution in [2.45, 2.75) is 19.4 Å². The van der Waals surface area contributed by atoms with Crippen LogP contribution in [0.5, 0.6) is 0 Å². The maximum Gasteiger partial charge on any atom is 0.255 e. The van der Waals surface area contributed by atoms with E-state index in [1.165, 1.54) is 12.1 Å². The molecule has 1 heterocycles. The molecule has 0 aliphatic heterocycles. The van der Waals surface area contributed by atoms with Crippen molar-refractivity contribution < 1.29 is 26.0 Å². The Labute approximate surface area is 265 Å².